The molecule has 7 nitrogen and oxygen atoms in total. The van der Waals surface area contributed by atoms with Gasteiger partial charge >= 0.3 is 6.09 Å². The summed E-state index contributed by atoms with van der Waals surface area (Å²) in [7, 11) is 1.80. The molecule has 1 aromatic heterocycles. The standard InChI is InChI=1S/C18H19N5O2/c1-23-17(20-21-22-23)16-9-7-14(8-10-16)11-12-19-18(24)25-13-15-5-3-2-4-6-15/h2-10H,11-13H2,1H3,(H,19,24). The monoisotopic (exact) mass is 337 g/mol. The largest absolute Gasteiger partial charge is 0.445 e. The van der Waals surface area contributed by atoms with Gasteiger partial charge in [0.1, 0.15) is 6.61 Å². The molecule has 2 aromatic carbocycles. The number of carbonyl (C=O) groups is 1. The number of hydrogen-bond donors (Lipinski definition) is 1. The van der Waals surface area contributed by atoms with Gasteiger partial charge in [-0.15, -0.1) is 5.10 Å². The Hall–Kier alpha value is -3.22. The van der Waals surface area contributed by atoms with Crippen molar-refractivity contribution >= 4 is 6.09 Å². The zero-order valence-corrected chi connectivity index (χ0v) is 13.9. The van der Waals surface area contributed by atoms with Gasteiger partial charge in [0, 0.05) is 19.2 Å². The van der Waals surface area contributed by atoms with Crippen molar-refractivity contribution in [1.82, 2.24) is 25.5 Å². The molecule has 0 unspecified atom stereocenters. The summed E-state index contributed by atoms with van der Waals surface area (Å²) < 4.78 is 6.80. The topological polar surface area (TPSA) is 81.9 Å². The molecule has 0 aliphatic rings. The van der Waals surface area contributed by atoms with E-state index in [4.69, 9.17) is 4.74 Å². The second-order valence-corrected chi connectivity index (χ2v) is 5.56. The van der Waals surface area contributed by atoms with Crippen molar-refractivity contribution in [3.63, 3.8) is 0 Å². The van der Waals surface area contributed by atoms with Crippen molar-refractivity contribution < 1.29 is 9.53 Å². The summed E-state index contributed by atoms with van der Waals surface area (Å²) in [5.74, 6) is 0.717. The minimum absolute atomic E-state index is 0.271. The van der Waals surface area contributed by atoms with E-state index in [-0.39, 0.29) is 6.61 Å². The predicted octanol–water partition coefficient (Wildman–Crippen LogP) is 2.35. The van der Waals surface area contributed by atoms with E-state index in [0.29, 0.717) is 12.4 Å². The molecule has 0 bridgehead atoms. The van der Waals surface area contributed by atoms with Crippen LogP contribution < -0.4 is 5.32 Å². The van der Waals surface area contributed by atoms with Gasteiger partial charge < -0.3 is 10.1 Å². The number of nitrogens with one attached hydrogen (secondary N) is 1. The van der Waals surface area contributed by atoms with Crippen LogP contribution in [0.15, 0.2) is 54.6 Å². The summed E-state index contributed by atoms with van der Waals surface area (Å²) in [6.07, 6.45) is 0.309. The summed E-state index contributed by atoms with van der Waals surface area (Å²) >= 11 is 0. The van der Waals surface area contributed by atoms with Crippen LogP contribution in [0.1, 0.15) is 11.1 Å². The molecule has 0 spiro atoms. The van der Waals surface area contributed by atoms with Crippen LogP contribution >= 0.6 is 0 Å². The number of nitrogens with zero attached hydrogens (tertiary/aromatic N) is 4. The van der Waals surface area contributed by atoms with E-state index in [9.17, 15) is 4.79 Å². The highest BCUT2D eigenvalue weighted by Crippen LogP contribution is 2.15. The van der Waals surface area contributed by atoms with Crippen LogP contribution in [0.25, 0.3) is 11.4 Å². The maximum absolute atomic E-state index is 11.7. The molecule has 0 saturated heterocycles. The van der Waals surface area contributed by atoms with Gasteiger partial charge in [0.2, 0.25) is 0 Å². The second-order valence-electron chi connectivity index (χ2n) is 5.56. The van der Waals surface area contributed by atoms with Gasteiger partial charge in [-0.25, -0.2) is 9.48 Å². The van der Waals surface area contributed by atoms with E-state index in [2.05, 4.69) is 20.8 Å². The molecular weight excluding hydrogens is 318 g/mol. The van der Waals surface area contributed by atoms with Crippen LogP contribution in [0, 0.1) is 0 Å². The van der Waals surface area contributed by atoms with E-state index < -0.39 is 6.09 Å². The number of ether oxygens (including phenoxy) is 1. The lowest BCUT2D eigenvalue weighted by Gasteiger charge is -2.07. The van der Waals surface area contributed by atoms with Crippen LogP contribution in [0.4, 0.5) is 4.79 Å². The first kappa shape index (κ1) is 16.6. The summed E-state index contributed by atoms with van der Waals surface area (Å²) in [5, 5.41) is 14.2. The molecule has 128 valence electrons. The van der Waals surface area contributed by atoms with E-state index in [0.717, 1.165) is 23.1 Å². The zero-order valence-electron chi connectivity index (χ0n) is 13.9. The Bertz CT molecular complexity index is 815. The maximum atomic E-state index is 11.7. The minimum atomic E-state index is -0.411. The fourth-order valence-electron chi connectivity index (χ4n) is 2.38. The van der Waals surface area contributed by atoms with Gasteiger partial charge in [0.25, 0.3) is 0 Å². The van der Waals surface area contributed by atoms with Crippen molar-refractivity contribution in [2.24, 2.45) is 7.05 Å². The van der Waals surface area contributed by atoms with Crippen LogP contribution in [0.3, 0.4) is 0 Å². The van der Waals surface area contributed by atoms with Gasteiger partial charge in [-0.05, 0) is 28.0 Å². The maximum Gasteiger partial charge on any atom is 0.407 e. The molecule has 0 aliphatic carbocycles. The Morgan fingerprint density at radius 1 is 1.08 bits per heavy atom. The molecule has 7 heteroatoms. The molecule has 25 heavy (non-hydrogen) atoms. The van der Waals surface area contributed by atoms with Gasteiger partial charge in [-0.2, -0.15) is 0 Å². The smallest absolute Gasteiger partial charge is 0.407 e. The van der Waals surface area contributed by atoms with Crippen molar-refractivity contribution in [2.45, 2.75) is 13.0 Å². The number of aromatic nitrogens is 4. The van der Waals surface area contributed by atoms with E-state index in [1.165, 1.54) is 0 Å². The van der Waals surface area contributed by atoms with Crippen LogP contribution in [0.5, 0.6) is 0 Å². The third-order valence-corrected chi connectivity index (χ3v) is 3.73. The van der Waals surface area contributed by atoms with Gasteiger partial charge in [0.15, 0.2) is 5.82 Å². The average molecular weight is 337 g/mol. The Balaban J connectivity index is 1.43. The van der Waals surface area contributed by atoms with Crippen molar-refractivity contribution in [3.8, 4) is 11.4 Å². The van der Waals surface area contributed by atoms with Crippen molar-refractivity contribution in [2.75, 3.05) is 6.54 Å². The molecule has 0 aliphatic heterocycles. The lowest BCUT2D eigenvalue weighted by atomic mass is 10.1. The number of carbonyl (C=O) groups excluding carboxylic acids is 1. The van der Waals surface area contributed by atoms with E-state index in [1.807, 2.05) is 54.6 Å². The lowest BCUT2D eigenvalue weighted by Crippen LogP contribution is -2.26. The number of hydrogen-bond acceptors (Lipinski definition) is 5. The summed E-state index contributed by atoms with van der Waals surface area (Å²) in [6, 6.07) is 17.5. The van der Waals surface area contributed by atoms with Crippen molar-refractivity contribution in [3.05, 3.63) is 65.7 Å². The fourth-order valence-corrected chi connectivity index (χ4v) is 2.38. The van der Waals surface area contributed by atoms with Gasteiger partial charge in [0.05, 0.1) is 0 Å². The number of alkyl carbamates (subject to hydrolysis) is 1. The highest BCUT2D eigenvalue weighted by Gasteiger charge is 2.06. The number of tetrazole rings is 1. The predicted molar refractivity (Wildman–Crippen MR) is 92.6 cm³/mol. The second kappa shape index (κ2) is 8.05. The molecular formula is C18H19N5O2. The molecule has 0 fully saturated rings. The number of benzene rings is 2. The number of rotatable bonds is 6. The van der Waals surface area contributed by atoms with Gasteiger partial charge in [-0.1, -0.05) is 54.6 Å². The number of aryl methyl sites for hydroxylation is 1. The molecule has 1 N–H and O–H groups in total. The average Bonchev–Trinajstić information content (AvgIpc) is 3.07. The molecule has 1 amide bonds. The fraction of sp³-hybridized carbons (Fsp3) is 0.222. The molecule has 0 atom stereocenters. The number of amides is 1. The summed E-state index contributed by atoms with van der Waals surface area (Å²) in [4.78, 5) is 11.7. The quantitative estimate of drug-likeness (QED) is 0.746. The Kier molecular flexibility index (Phi) is 5.36. The highest BCUT2D eigenvalue weighted by atomic mass is 16.5. The molecule has 1 heterocycles. The zero-order chi connectivity index (χ0) is 17.5. The first-order chi connectivity index (χ1) is 12.2. The van der Waals surface area contributed by atoms with Crippen LogP contribution in [-0.2, 0) is 24.8 Å². The van der Waals surface area contributed by atoms with Crippen molar-refractivity contribution in [1.29, 1.82) is 0 Å². The normalized spacial score (nSPS) is 10.4. The minimum Gasteiger partial charge on any atom is -0.445 e. The van der Waals surface area contributed by atoms with Crippen LogP contribution in [-0.4, -0.2) is 32.8 Å². The SMILES string of the molecule is Cn1nnnc1-c1ccc(CCNC(=O)OCc2ccccc2)cc1. The molecule has 0 saturated carbocycles. The third-order valence-electron chi connectivity index (χ3n) is 3.73. The Morgan fingerprint density at radius 2 is 1.84 bits per heavy atom. The molecule has 3 aromatic rings. The van der Waals surface area contributed by atoms with E-state index in [1.54, 1.807) is 11.7 Å². The van der Waals surface area contributed by atoms with Crippen LogP contribution in [0.2, 0.25) is 0 Å². The Morgan fingerprint density at radius 3 is 2.52 bits per heavy atom. The lowest BCUT2D eigenvalue weighted by molar-refractivity contribution is 0.140. The Labute approximate surface area is 145 Å². The summed E-state index contributed by atoms with van der Waals surface area (Å²) in [5.41, 5.74) is 3.03. The summed E-state index contributed by atoms with van der Waals surface area (Å²) in [6.45, 7) is 0.783. The first-order valence-corrected chi connectivity index (χ1v) is 7.98. The first-order valence-electron chi connectivity index (χ1n) is 7.98. The molecule has 0 radical (unpaired) electrons. The van der Waals surface area contributed by atoms with Gasteiger partial charge in [-0.3, -0.25) is 0 Å². The highest BCUT2D eigenvalue weighted by molar-refractivity contribution is 5.67. The molecule has 3 rings (SSSR count). The van der Waals surface area contributed by atoms with E-state index >= 15 is 0 Å². The third kappa shape index (κ3) is 4.63.